The lowest BCUT2D eigenvalue weighted by atomic mass is 10.2. The van der Waals surface area contributed by atoms with Gasteiger partial charge in [-0.25, -0.2) is 9.97 Å². The number of aromatic nitrogens is 2. The third-order valence-corrected chi connectivity index (χ3v) is 4.65. The summed E-state index contributed by atoms with van der Waals surface area (Å²) in [4.78, 5) is 13.2. The van der Waals surface area contributed by atoms with Crippen molar-refractivity contribution in [2.24, 2.45) is 0 Å². The van der Waals surface area contributed by atoms with E-state index in [9.17, 15) is 0 Å². The minimum Gasteiger partial charge on any atom is -0.370 e. The Bertz CT molecular complexity index is 655. The van der Waals surface area contributed by atoms with Gasteiger partial charge in [0, 0.05) is 44.5 Å². The molecular weight excluding hydrogens is 322 g/mol. The summed E-state index contributed by atoms with van der Waals surface area (Å²) in [5, 5.41) is 4.20. The number of nitrogens with one attached hydrogen (secondary N) is 1. The van der Waals surface area contributed by atoms with E-state index in [0.29, 0.717) is 0 Å². The van der Waals surface area contributed by atoms with E-state index in [1.165, 1.54) is 0 Å². The molecule has 24 heavy (non-hydrogen) atoms. The van der Waals surface area contributed by atoms with Crippen LogP contribution in [0.15, 0.2) is 36.7 Å². The molecule has 0 spiro atoms. The first-order chi connectivity index (χ1) is 11.7. The summed E-state index contributed by atoms with van der Waals surface area (Å²) in [7, 11) is 0. The molecule has 5 nitrogen and oxygen atoms in total. The van der Waals surface area contributed by atoms with Gasteiger partial charge in [-0.2, -0.15) is 0 Å². The standard InChI is InChI=1S/C18H24ClN5/c1-15-13-18(22-14-21-15)20-7-4-8-23-9-11-24(12-10-23)17-6-3-2-5-16(17)19/h2-3,5-6,13-14H,4,7-12H2,1H3,(H,20,21,22). The van der Waals surface area contributed by atoms with Crippen LogP contribution in [0.5, 0.6) is 0 Å². The largest absolute Gasteiger partial charge is 0.370 e. The molecule has 0 amide bonds. The molecule has 0 radical (unpaired) electrons. The van der Waals surface area contributed by atoms with E-state index in [1.54, 1.807) is 6.33 Å². The normalized spacial score (nSPS) is 15.5. The molecule has 3 rings (SSSR count). The molecule has 2 heterocycles. The van der Waals surface area contributed by atoms with Crippen molar-refractivity contribution in [3.63, 3.8) is 0 Å². The molecule has 0 bridgehead atoms. The van der Waals surface area contributed by atoms with Crippen molar-refractivity contribution in [3.8, 4) is 0 Å². The molecular formula is C18H24ClN5. The number of anilines is 2. The van der Waals surface area contributed by atoms with Gasteiger partial charge in [-0.1, -0.05) is 23.7 Å². The number of nitrogens with zero attached hydrogens (tertiary/aromatic N) is 4. The van der Waals surface area contributed by atoms with Gasteiger partial charge in [0.2, 0.25) is 0 Å². The number of piperazine rings is 1. The third kappa shape index (κ3) is 4.58. The van der Waals surface area contributed by atoms with Crippen LogP contribution in [0.1, 0.15) is 12.1 Å². The quantitative estimate of drug-likeness (QED) is 0.815. The molecule has 128 valence electrons. The topological polar surface area (TPSA) is 44.3 Å². The lowest BCUT2D eigenvalue weighted by Gasteiger charge is -2.36. The molecule has 1 saturated heterocycles. The zero-order valence-electron chi connectivity index (χ0n) is 14.1. The molecule has 6 heteroatoms. The maximum Gasteiger partial charge on any atom is 0.129 e. The summed E-state index contributed by atoms with van der Waals surface area (Å²) in [5.74, 6) is 0.908. The second-order valence-electron chi connectivity index (χ2n) is 6.11. The van der Waals surface area contributed by atoms with Crippen LogP contribution in [0, 0.1) is 6.92 Å². The van der Waals surface area contributed by atoms with E-state index >= 15 is 0 Å². The molecule has 1 aliphatic heterocycles. The van der Waals surface area contributed by atoms with Crippen molar-refractivity contribution in [2.75, 3.05) is 49.5 Å². The maximum atomic E-state index is 6.29. The molecule has 0 unspecified atom stereocenters. The van der Waals surface area contributed by atoms with E-state index in [1.807, 2.05) is 31.2 Å². The highest BCUT2D eigenvalue weighted by Crippen LogP contribution is 2.25. The first kappa shape index (κ1) is 17.0. The predicted octanol–water partition coefficient (Wildman–Crippen LogP) is 3.06. The smallest absolute Gasteiger partial charge is 0.129 e. The van der Waals surface area contributed by atoms with Crippen molar-refractivity contribution in [1.82, 2.24) is 14.9 Å². The lowest BCUT2D eigenvalue weighted by molar-refractivity contribution is 0.257. The summed E-state index contributed by atoms with van der Waals surface area (Å²) < 4.78 is 0. The summed E-state index contributed by atoms with van der Waals surface area (Å²) in [6, 6.07) is 10.1. The van der Waals surface area contributed by atoms with Gasteiger partial charge in [0.25, 0.3) is 0 Å². The van der Waals surface area contributed by atoms with Crippen LogP contribution in [0.25, 0.3) is 0 Å². The second-order valence-corrected chi connectivity index (χ2v) is 6.51. The van der Waals surface area contributed by atoms with Crippen molar-refractivity contribution in [3.05, 3.63) is 47.4 Å². The summed E-state index contributed by atoms with van der Waals surface area (Å²) in [6.07, 6.45) is 2.71. The van der Waals surface area contributed by atoms with E-state index in [0.717, 1.165) is 67.9 Å². The number of rotatable bonds is 6. The van der Waals surface area contributed by atoms with Gasteiger partial charge < -0.3 is 10.2 Å². The summed E-state index contributed by atoms with van der Waals surface area (Å²) in [6.45, 7) is 8.24. The zero-order chi connectivity index (χ0) is 16.8. The van der Waals surface area contributed by atoms with Crippen LogP contribution < -0.4 is 10.2 Å². The number of benzene rings is 1. The van der Waals surface area contributed by atoms with Crippen LogP contribution in [0.3, 0.4) is 0 Å². The first-order valence-electron chi connectivity index (χ1n) is 8.47. The fraction of sp³-hybridized carbons (Fsp3) is 0.444. The van der Waals surface area contributed by atoms with Gasteiger partial charge in [-0.15, -0.1) is 0 Å². The molecule has 0 saturated carbocycles. The highest BCUT2D eigenvalue weighted by molar-refractivity contribution is 6.33. The molecule has 1 aromatic carbocycles. The van der Waals surface area contributed by atoms with E-state index < -0.39 is 0 Å². The molecule has 0 aliphatic carbocycles. The minimum atomic E-state index is 0.843. The Morgan fingerprint density at radius 3 is 2.67 bits per heavy atom. The molecule has 1 fully saturated rings. The molecule has 1 aliphatic rings. The van der Waals surface area contributed by atoms with Crippen LogP contribution in [0.4, 0.5) is 11.5 Å². The van der Waals surface area contributed by atoms with Crippen molar-refractivity contribution < 1.29 is 0 Å². The fourth-order valence-electron chi connectivity index (χ4n) is 2.99. The number of hydrogen-bond donors (Lipinski definition) is 1. The zero-order valence-corrected chi connectivity index (χ0v) is 14.8. The number of hydrogen-bond acceptors (Lipinski definition) is 5. The predicted molar refractivity (Wildman–Crippen MR) is 100.0 cm³/mol. The minimum absolute atomic E-state index is 0.843. The highest BCUT2D eigenvalue weighted by Gasteiger charge is 2.18. The van der Waals surface area contributed by atoms with Gasteiger partial charge in [0.05, 0.1) is 10.7 Å². The maximum absolute atomic E-state index is 6.29. The van der Waals surface area contributed by atoms with Gasteiger partial charge in [-0.05, 0) is 32.0 Å². The highest BCUT2D eigenvalue weighted by atomic mass is 35.5. The fourth-order valence-corrected chi connectivity index (χ4v) is 3.25. The Morgan fingerprint density at radius 1 is 1.12 bits per heavy atom. The summed E-state index contributed by atoms with van der Waals surface area (Å²) in [5.41, 5.74) is 2.14. The van der Waals surface area contributed by atoms with Gasteiger partial charge in [0.15, 0.2) is 0 Å². The Balaban J connectivity index is 1.38. The Morgan fingerprint density at radius 2 is 1.92 bits per heavy atom. The van der Waals surface area contributed by atoms with E-state index in [-0.39, 0.29) is 0 Å². The average Bonchev–Trinajstić information content (AvgIpc) is 2.60. The van der Waals surface area contributed by atoms with Crippen LogP contribution in [-0.4, -0.2) is 54.1 Å². The van der Waals surface area contributed by atoms with E-state index in [2.05, 4.69) is 31.2 Å². The van der Waals surface area contributed by atoms with E-state index in [4.69, 9.17) is 11.6 Å². The number of halogens is 1. The van der Waals surface area contributed by atoms with Gasteiger partial charge in [0.1, 0.15) is 12.1 Å². The second kappa shape index (κ2) is 8.31. The molecule has 1 N–H and O–H groups in total. The van der Waals surface area contributed by atoms with Gasteiger partial charge >= 0.3 is 0 Å². The van der Waals surface area contributed by atoms with Crippen LogP contribution >= 0.6 is 11.6 Å². The SMILES string of the molecule is Cc1cc(NCCCN2CCN(c3ccccc3Cl)CC2)ncn1. The van der Waals surface area contributed by atoms with Gasteiger partial charge in [-0.3, -0.25) is 4.90 Å². The Labute approximate surface area is 148 Å². The molecule has 1 aromatic heterocycles. The third-order valence-electron chi connectivity index (χ3n) is 4.33. The van der Waals surface area contributed by atoms with Crippen molar-refractivity contribution in [2.45, 2.75) is 13.3 Å². The number of aryl methyl sites for hydroxylation is 1. The van der Waals surface area contributed by atoms with Crippen molar-refractivity contribution in [1.29, 1.82) is 0 Å². The monoisotopic (exact) mass is 345 g/mol. The molecule has 0 atom stereocenters. The van der Waals surface area contributed by atoms with Crippen molar-refractivity contribution >= 4 is 23.1 Å². The first-order valence-corrected chi connectivity index (χ1v) is 8.84. The molecule has 2 aromatic rings. The summed E-state index contributed by atoms with van der Waals surface area (Å²) >= 11 is 6.29. The number of para-hydroxylation sites is 1. The van der Waals surface area contributed by atoms with Crippen LogP contribution in [0.2, 0.25) is 5.02 Å². The Kier molecular flexibility index (Phi) is 5.88. The Hall–Kier alpha value is -1.85. The average molecular weight is 346 g/mol. The van der Waals surface area contributed by atoms with Crippen LogP contribution in [-0.2, 0) is 0 Å². The lowest BCUT2D eigenvalue weighted by Crippen LogP contribution is -2.46.